The molecular formula is C15H14ClFN2O. The summed E-state index contributed by atoms with van der Waals surface area (Å²) < 4.78 is 13.3. The average Bonchev–Trinajstić information content (AvgIpc) is 2.47. The van der Waals surface area contributed by atoms with Crippen LogP contribution >= 0.6 is 11.6 Å². The second kappa shape index (κ2) is 6.50. The smallest absolute Gasteiger partial charge is 0.251 e. The van der Waals surface area contributed by atoms with Gasteiger partial charge in [0.05, 0.1) is 5.02 Å². The minimum absolute atomic E-state index is 0.00460. The number of hydrogen-bond donors (Lipinski definition) is 2. The van der Waals surface area contributed by atoms with Crippen molar-refractivity contribution in [2.45, 2.75) is 13.1 Å². The van der Waals surface area contributed by atoms with Crippen molar-refractivity contribution in [3.63, 3.8) is 0 Å². The Labute approximate surface area is 121 Å². The Kier molecular flexibility index (Phi) is 4.71. The highest BCUT2D eigenvalue weighted by atomic mass is 35.5. The van der Waals surface area contributed by atoms with E-state index in [1.165, 1.54) is 12.1 Å². The molecule has 0 fully saturated rings. The van der Waals surface area contributed by atoms with Crippen LogP contribution in [-0.2, 0) is 13.1 Å². The molecule has 3 N–H and O–H groups in total. The third-order valence-electron chi connectivity index (χ3n) is 2.96. The number of nitrogens with two attached hydrogens (primary N) is 1. The number of nitrogens with one attached hydrogen (secondary N) is 1. The molecule has 0 unspecified atom stereocenters. The molecule has 2 rings (SSSR count). The Bertz CT molecular complexity index is 631. The maximum absolute atomic E-state index is 13.3. The number of rotatable bonds is 4. The highest BCUT2D eigenvalue weighted by Crippen LogP contribution is 2.15. The summed E-state index contributed by atoms with van der Waals surface area (Å²) in [4.78, 5) is 11.9. The molecule has 0 aromatic heterocycles. The van der Waals surface area contributed by atoms with Crippen LogP contribution in [0.3, 0.4) is 0 Å². The molecule has 0 saturated carbocycles. The lowest BCUT2D eigenvalue weighted by Crippen LogP contribution is -2.23. The number of benzene rings is 2. The van der Waals surface area contributed by atoms with E-state index >= 15 is 0 Å². The van der Waals surface area contributed by atoms with Crippen molar-refractivity contribution in [1.29, 1.82) is 0 Å². The predicted molar refractivity (Wildman–Crippen MR) is 76.9 cm³/mol. The van der Waals surface area contributed by atoms with Gasteiger partial charge in [-0.25, -0.2) is 4.39 Å². The second-order valence-electron chi connectivity index (χ2n) is 4.28. The number of carbonyl (C=O) groups excluding carboxylic acids is 1. The molecule has 0 atom stereocenters. The average molecular weight is 293 g/mol. The lowest BCUT2D eigenvalue weighted by molar-refractivity contribution is 0.0950. The second-order valence-corrected chi connectivity index (χ2v) is 4.69. The Morgan fingerprint density at radius 2 is 1.90 bits per heavy atom. The van der Waals surface area contributed by atoms with Gasteiger partial charge in [0.25, 0.3) is 5.91 Å². The van der Waals surface area contributed by atoms with Gasteiger partial charge in [-0.3, -0.25) is 4.79 Å². The summed E-state index contributed by atoms with van der Waals surface area (Å²) in [5, 5.41) is 2.73. The van der Waals surface area contributed by atoms with Crippen molar-refractivity contribution in [1.82, 2.24) is 5.32 Å². The fourth-order valence-corrected chi connectivity index (χ4v) is 1.96. The Morgan fingerprint density at radius 1 is 1.20 bits per heavy atom. The van der Waals surface area contributed by atoms with Crippen molar-refractivity contribution in [2.24, 2.45) is 5.73 Å². The Balaban J connectivity index is 2.06. The molecule has 0 aliphatic heterocycles. The van der Waals surface area contributed by atoms with Gasteiger partial charge in [-0.2, -0.15) is 0 Å². The van der Waals surface area contributed by atoms with Gasteiger partial charge in [0.15, 0.2) is 0 Å². The van der Waals surface area contributed by atoms with E-state index in [0.29, 0.717) is 13.1 Å². The van der Waals surface area contributed by atoms with E-state index in [1.807, 2.05) is 24.3 Å². The molecule has 0 spiro atoms. The highest BCUT2D eigenvalue weighted by molar-refractivity contribution is 6.30. The fraction of sp³-hybridized carbons (Fsp3) is 0.133. The third kappa shape index (κ3) is 3.35. The van der Waals surface area contributed by atoms with E-state index < -0.39 is 5.82 Å². The summed E-state index contributed by atoms with van der Waals surface area (Å²) >= 11 is 5.58. The SMILES string of the molecule is NCc1ccccc1CNC(=O)c1ccc(Cl)c(F)c1. The molecule has 0 aliphatic rings. The van der Waals surface area contributed by atoms with Gasteiger partial charge < -0.3 is 11.1 Å². The van der Waals surface area contributed by atoms with E-state index in [2.05, 4.69) is 5.32 Å². The first-order valence-corrected chi connectivity index (χ1v) is 6.49. The standard InChI is InChI=1S/C15H14ClFN2O/c16-13-6-5-10(7-14(13)17)15(20)19-9-12-4-2-1-3-11(12)8-18/h1-7H,8-9,18H2,(H,19,20). The summed E-state index contributed by atoms with van der Waals surface area (Å²) in [6, 6.07) is 11.5. The molecule has 5 heteroatoms. The molecular weight excluding hydrogens is 279 g/mol. The summed E-state index contributed by atoms with van der Waals surface area (Å²) in [5.74, 6) is -0.964. The zero-order valence-corrected chi connectivity index (χ0v) is 11.5. The van der Waals surface area contributed by atoms with Crippen LogP contribution in [0.4, 0.5) is 4.39 Å². The van der Waals surface area contributed by atoms with Crippen molar-refractivity contribution in [3.8, 4) is 0 Å². The molecule has 0 saturated heterocycles. The monoisotopic (exact) mass is 292 g/mol. The van der Waals surface area contributed by atoms with Gasteiger partial charge in [-0.1, -0.05) is 35.9 Å². The van der Waals surface area contributed by atoms with Crippen LogP contribution in [0.1, 0.15) is 21.5 Å². The van der Waals surface area contributed by atoms with E-state index in [1.54, 1.807) is 0 Å². The first kappa shape index (κ1) is 14.5. The van der Waals surface area contributed by atoms with Crippen molar-refractivity contribution >= 4 is 17.5 Å². The van der Waals surface area contributed by atoms with Gasteiger partial charge in [0, 0.05) is 18.7 Å². The molecule has 2 aromatic rings. The molecule has 3 nitrogen and oxygen atoms in total. The minimum Gasteiger partial charge on any atom is -0.348 e. The predicted octanol–water partition coefficient (Wildman–Crippen LogP) is 2.87. The van der Waals surface area contributed by atoms with E-state index in [9.17, 15) is 9.18 Å². The first-order valence-electron chi connectivity index (χ1n) is 6.12. The van der Waals surface area contributed by atoms with Gasteiger partial charge in [0.1, 0.15) is 5.82 Å². The summed E-state index contributed by atoms with van der Waals surface area (Å²) in [6.07, 6.45) is 0. The van der Waals surface area contributed by atoms with Gasteiger partial charge in [-0.05, 0) is 29.3 Å². The van der Waals surface area contributed by atoms with E-state index in [0.717, 1.165) is 17.2 Å². The molecule has 0 heterocycles. The van der Waals surface area contributed by atoms with Crippen molar-refractivity contribution in [2.75, 3.05) is 0 Å². The van der Waals surface area contributed by atoms with Crippen LogP contribution in [0.25, 0.3) is 0 Å². The van der Waals surface area contributed by atoms with Crippen LogP contribution in [0.2, 0.25) is 5.02 Å². The van der Waals surface area contributed by atoms with E-state index in [4.69, 9.17) is 17.3 Å². The first-order chi connectivity index (χ1) is 9.61. The maximum Gasteiger partial charge on any atom is 0.251 e. The Hall–Kier alpha value is -1.91. The minimum atomic E-state index is -0.610. The fourth-order valence-electron chi connectivity index (χ4n) is 1.84. The highest BCUT2D eigenvalue weighted by Gasteiger charge is 2.09. The number of hydrogen-bond acceptors (Lipinski definition) is 2. The third-order valence-corrected chi connectivity index (χ3v) is 3.27. The molecule has 20 heavy (non-hydrogen) atoms. The topological polar surface area (TPSA) is 55.1 Å². The van der Waals surface area contributed by atoms with Crippen molar-refractivity contribution < 1.29 is 9.18 Å². The lowest BCUT2D eigenvalue weighted by atomic mass is 10.1. The van der Waals surface area contributed by atoms with Crippen LogP contribution < -0.4 is 11.1 Å². The number of amides is 1. The zero-order valence-electron chi connectivity index (χ0n) is 10.7. The summed E-state index contributed by atoms with van der Waals surface area (Å²) in [6.45, 7) is 0.748. The van der Waals surface area contributed by atoms with Crippen molar-refractivity contribution in [3.05, 3.63) is 70.0 Å². The molecule has 1 amide bonds. The molecule has 0 bridgehead atoms. The number of halogens is 2. The molecule has 0 radical (unpaired) electrons. The summed E-state index contributed by atoms with van der Waals surface area (Å²) in [7, 11) is 0. The van der Waals surface area contributed by atoms with Crippen LogP contribution in [0, 0.1) is 5.82 Å². The Morgan fingerprint density at radius 3 is 2.55 bits per heavy atom. The quantitative estimate of drug-likeness (QED) is 0.910. The zero-order chi connectivity index (χ0) is 14.5. The van der Waals surface area contributed by atoms with Gasteiger partial charge in [-0.15, -0.1) is 0 Å². The largest absolute Gasteiger partial charge is 0.348 e. The summed E-state index contributed by atoms with van der Waals surface area (Å²) in [5.41, 5.74) is 7.77. The van der Waals surface area contributed by atoms with Crippen LogP contribution in [0.15, 0.2) is 42.5 Å². The van der Waals surface area contributed by atoms with Gasteiger partial charge in [0.2, 0.25) is 0 Å². The normalized spacial score (nSPS) is 10.3. The van der Waals surface area contributed by atoms with Crippen LogP contribution in [0.5, 0.6) is 0 Å². The molecule has 104 valence electrons. The molecule has 0 aliphatic carbocycles. The maximum atomic E-state index is 13.3. The van der Waals surface area contributed by atoms with Gasteiger partial charge >= 0.3 is 0 Å². The lowest BCUT2D eigenvalue weighted by Gasteiger charge is -2.09. The number of carbonyl (C=O) groups is 1. The van der Waals surface area contributed by atoms with Crippen LogP contribution in [-0.4, -0.2) is 5.91 Å². The van der Waals surface area contributed by atoms with E-state index in [-0.39, 0.29) is 16.5 Å². The molecule has 2 aromatic carbocycles.